The second-order valence-electron chi connectivity index (χ2n) is 4.40. The van der Waals surface area contributed by atoms with Crippen molar-refractivity contribution in [3.05, 3.63) is 0 Å². The van der Waals surface area contributed by atoms with E-state index in [1.807, 2.05) is 11.8 Å². The zero-order valence-corrected chi connectivity index (χ0v) is 9.65. The van der Waals surface area contributed by atoms with Gasteiger partial charge in [-0.05, 0) is 45.0 Å². The van der Waals surface area contributed by atoms with Gasteiger partial charge in [0.25, 0.3) is 0 Å². The molecule has 14 heavy (non-hydrogen) atoms. The highest BCUT2D eigenvalue weighted by molar-refractivity contribution is 8.00. The van der Waals surface area contributed by atoms with Crippen molar-refractivity contribution in [2.75, 3.05) is 19.3 Å². The summed E-state index contributed by atoms with van der Waals surface area (Å²) < 4.78 is 0.298. The Labute approximate surface area is 90.7 Å². The Balaban J connectivity index is 2.02. The van der Waals surface area contributed by atoms with Crippen LogP contribution >= 0.6 is 11.8 Å². The molecular formula is C11H18N2S. The summed E-state index contributed by atoms with van der Waals surface area (Å²) in [5.41, 5.74) is 0. The minimum Gasteiger partial charge on any atom is -0.287 e. The first-order valence-electron chi connectivity index (χ1n) is 5.51. The van der Waals surface area contributed by atoms with Gasteiger partial charge in [-0.25, -0.2) is 0 Å². The van der Waals surface area contributed by atoms with Gasteiger partial charge in [-0.15, -0.1) is 0 Å². The molecule has 1 aliphatic heterocycles. The average molecular weight is 210 g/mol. The summed E-state index contributed by atoms with van der Waals surface area (Å²) in [6.07, 6.45) is 8.54. The predicted octanol–water partition coefficient (Wildman–Crippen LogP) is 2.26. The van der Waals surface area contributed by atoms with E-state index >= 15 is 0 Å². The van der Waals surface area contributed by atoms with E-state index in [4.69, 9.17) is 0 Å². The van der Waals surface area contributed by atoms with Gasteiger partial charge in [0.1, 0.15) is 6.04 Å². The maximum atomic E-state index is 9.28. The van der Waals surface area contributed by atoms with Crippen LogP contribution in [0.4, 0.5) is 0 Å². The van der Waals surface area contributed by atoms with Gasteiger partial charge in [-0.3, -0.25) is 4.90 Å². The number of piperidine rings is 1. The van der Waals surface area contributed by atoms with Gasteiger partial charge in [0.15, 0.2) is 0 Å². The van der Waals surface area contributed by atoms with Crippen molar-refractivity contribution in [2.24, 2.45) is 0 Å². The van der Waals surface area contributed by atoms with Crippen molar-refractivity contribution in [3.63, 3.8) is 0 Å². The fraction of sp³-hybridized carbons (Fsp3) is 0.909. The predicted molar refractivity (Wildman–Crippen MR) is 60.3 cm³/mol. The molecular weight excluding hydrogens is 192 g/mol. The third kappa shape index (κ3) is 1.78. The lowest BCUT2D eigenvalue weighted by Gasteiger charge is -2.34. The number of nitrogens with zero attached hydrogens (tertiary/aromatic N) is 2. The van der Waals surface area contributed by atoms with Crippen LogP contribution in [0.25, 0.3) is 0 Å². The van der Waals surface area contributed by atoms with E-state index in [-0.39, 0.29) is 6.04 Å². The quantitative estimate of drug-likeness (QED) is 0.715. The molecule has 1 saturated carbocycles. The minimum absolute atomic E-state index is 0.179. The largest absolute Gasteiger partial charge is 0.287 e. The lowest BCUT2D eigenvalue weighted by atomic mass is 10.1. The second-order valence-corrected chi connectivity index (χ2v) is 5.62. The first kappa shape index (κ1) is 10.3. The summed E-state index contributed by atoms with van der Waals surface area (Å²) in [7, 11) is 0. The van der Waals surface area contributed by atoms with Crippen LogP contribution in [0.5, 0.6) is 0 Å². The third-order valence-corrected chi connectivity index (χ3v) is 4.97. The van der Waals surface area contributed by atoms with Gasteiger partial charge in [0, 0.05) is 4.75 Å². The number of nitriles is 1. The third-order valence-electron chi connectivity index (χ3n) is 3.53. The number of thioether (sulfide) groups is 1. The van der Waals surface area contributed by atoms with Gasteiger partial charge in [-0.2, -0.15) is 17.0 Å². The Morgan fingerprint density at radius 1 is 1.29 bits per heavy atom. The summed E-state index contributed by atoms with van der Waals surface area (Å²) in [5.74, 6) is 0. The molecule has 0 aromatic carbocycles. The number of hydrogen-bond acceptors (Lipinski definition) is 3. The molecule has 2 rings (SSSR count). The lowest BCUT2D eigenvalue weighted by Crippen LogP contribution is -2.45. The molecule has 1 heterocycles. The number of likely N-dealkylation sites (tertiary alicyclic amines) is 1. The molecule has 1 unspecified atom stereocenters. The first-order chi connectivity index (χ1) is 6.82. The monoisotopic (exact) mass is 210 g/mol. The molecule has 78 valence electrons. The molecule has 1 atom stereocenters. The zero-order valence-electron chi connectivity index (χ0n) is 8.83. The Morgan fingerprint density at radius 2 is 1.93 bits per heavy atom. The highest BCUT2D eigenvalue weighted by Crippen LogP contribution is 2.51. The summed E-state index contributed by atoms with van der Waals surface area (Å²) in [6, 6.07) is 2.71. The summed E-state index contributed by atoms with van der Waals surface area (Å²) >= 11 is 1.90. The molecule has 0 bridgehead atoms. The SMILES string of the molecule is CSC1(C(C#N)N2CCCCC2)CC1. The van der Waals surface area contributed by atoms with Crippen LogP contribution in [-0.2, 0) is 0 Å². The molecule has 2 aliphatic rings. The molecule has 0 N–H and O–H groups in total. The molecule has 0 amide bonds. The molecule has 1 saturated heterocycles. The van der Waals surface area contributed by atoms with Crippen molar-refractivity contribution in [1.29, 1.82) is 5.26 Å². The van der Waals surface area contributed by atoms with Crippen molar-refractivity contribution in [2.45, 2.75) is 42.9 Å². The highest BCUT2D eigenvalue weighted by Gasteiger charge is 2.51. The molecule has 2 nitrogen and oxygen atoms in total. The van der Waals surface area contributed by atoms with Crippen molar-refractivity contribution < 1.29 is 0 Å². The minimum atomic E-state index is 0.179. The summed E-state index contributed by atoms with van der Waals surface area (Å²) in [6.45, 7) is 2.28. The maximum Gasteiger partial charge on any atom is 0.113 e. The second kappa shape index (κ2) is 4.12. The molecule has 0 aromatic heterocycles. The van der Waals surface area contributed by atoms with Crippen LogP contribution in [0.1, 0.15) is 32.1 Å². The van der Waals surface area contributed by atoms with E-state index in [1.165, 1.54) is 32.1 Å². The van der Waals surface area contributed by atoms with Crippen LogP contribution in [-0.4, -0.2) is 35.0 Å². The molecule has 0 radical (unpaired) electrons. The van der Waals surface area contributed by atoms with Crippen LogP contribution in [0.3, 0.4) is 0 Å². The average Bonchev–Trinajstić information content (AvgIpc) is 3.02. The zero-order chi connectivity index (χ0) is 10.0. The van der Waals surface area contributed by atoms with Gasteiger partial charge in [0.2, 0.25) is 0 Å². The lowest BCUT2D eigenvalue weighted by molar-refractivity contribution is 0.188. The Bertz CT molecular complexity index is 236. The first-order valence-corrected chi connectivity index (χ1v) is 6.74. The molecule has 0 aromatic rings. The van der Waals surface area contributed by atoms with Crippen LogP contribution in [0.2, 0.25) is 0 Å². The number of hydrogen-bond donors (Lipinski definition) is 0. The van der Waals surface area contributed by atoms with Gasteiger partial charge in [-0.1, -0.05) is 6.42 Å². The molecule has 0 spiro atoms. The Hall–Kier alpha value is -0.200. The van der Waals surface area contributed by atoms with Crippen molar-refractivity contribution in [3.8, 4) is 6.07 Å². The number of rotatable bonds is 3. The van der Waals surface area contributed by atoms with Gasteiger partial charge < -0.3 is 0 Å². The van der Waals surface area contributed by atoms with E-state index in [0.29, 0.717) is 4.75 Å². The molecule has 1 aliphatic carbocycles. The standard InChI is InChI=1S/C11H18N2S/c1-14-11(5-6-11)10(9-12)13-7-3-2-4-8-13/h10H,2-8H2,1H3. The van der Waals surface area contributed by atoms with Crippen LogP contribution in [0.15, 0.2) is 0 Å². The van der Waals surface area contributed by atoms with E-state index in [1.54, 1.807) is 0 Å². The summed E-state index contributed by atoms with van der Waals surface area (Å²) in [5, 5.41) is 9.28. The van der Waals surface area contributed by atoms with Gasteiger partial charge >= 0.3 is 0 Å². The van der Waals surface area contributed by atoms with Crippen molar-refractivity contribution in [1.82, 2.24) is 4.90 Å². The fourth-order valence-corrected chi connectivity index (χ4v) is 3.36. The van der Waals surface area contributed by atoms with Gasteiger partial charge in [0.05, 0.1) is 6.07 Å². The van der Waals surface area contributed by atoms with Crippen LogP contribution in [0, 0.1) is 11.3 Å². The highest BCUT2D eigenvalue weighted by atomic mass is 32.2. The Kier molecular flexibility index (Phi) is 3.04. The van der Waals surface area contributed by atoms with E-state index in [9.17, 15) is 5.26 Å². The maximum absolute atomic E-state index is 9.28. The molecule has 2 fully saturated rings. The van der Waals surface area contributed by atoms with Crippen molar-refractivity contribution >= 4 is 11.8 Å². The fourth-order valence-electron chi connectivity index (χ4n) is 2.42. The van der Waals surface area contributed by atoms with E-state index < -0.39 is 0 Å². The van der Waals surface area contributed by atoms with Crippen LogP contribution < -0.4 is 0 Å². The Morgan fingerprint density at radius 3 is 2.36 bits per heavy atom. The van der Waals surface area contributed by atoms with E-state index in [0.717, 1.165) is 13.1 Å². The normalized spacial score (nSPS) is 28.0. The smallest absolute Gasteiger partial charge is 0.113 e. The topological polar surface area (TPSA) is 27.0 Å². The summed E-state index contributed by atoms with van der Waals surface area (Å²) in [4.78, 5) is 2.41. The molecule has 3 heteroatoms. The van der Waals surface area contributed by atoms with E-state index in [2.05, 4.69) is 17.2 Å².